The molecule has 0 spiro atoms. The van der Waals surface area contributed by atoms with E-state index in [1.54, 1.807) is 31.2 Å². The van der Waals surface area contributed by atoms with Crippen LogP contribution in [0.2, 0.25) is 10.0 Å². The fraction of sp³-hybridized carbons (Fsp3) is 0.0714. The van der Waals surface area contributed by atoms with Crippen LogP contribution in [0.15, 0.2) is 30.3 Å². The molecular formula is C14H9Cl2N3O2. The van der Waals surface area contributed by atoms with E-state index in [4.69, 9.17) is 23.2 Å². The predicted octanol–water partition coefficient (Wildman–Crippen LogP) is 3.71. The number of carbonyl (C=O) groups is 1. The van der Waals surface area contributed by atoms with Crippen LogP contribution in [0.4, 0.5) is 0 Å². The molecule has 0 fully saturated rings. The molecule has 1 N–H and O–H groups in total. The van der Waals surface area contributed by atoms with Gasteiger partial charge in [0.1, 0.15) is 0 Å². The van der Waals surface area contributed by atoms with Crippen LogP contribution in [0, 0.1) is 6.92 Å². The number of aromatic carboxylic acids is 1. The number of rotatable bonds is 2. The summed E-state index contributed by atoms with van der Waals surface area (Å²) in [4.78, 5) is 15.8. The minimum Gasteiger partial charge on any atom is -0.477 e. The van der Waals surface area contributed by atoms with Gasteiger partial charge in [0.15, 0.2) is 11.3 Å². The van der Waals surface area contributed by atoms with Gasteiger partial charge in [-0.15, -0.1) is 0 Å². The maximum atomic E-state index is 11.4. The third-order valence-electron chi connectivity index (χ3n) is 2.98. The third kappa shape index (κ3) is 2.46. The van der Waals surface area contributed by atoms with Gasteiger partial charge in [0.2, 0.25) is 0 Å². The van der Waals surface area contributed by atoms with Crippen molar-refractivity contribution in [1.29, 1.82) is 0 Å². The molecule has 0 saturated heterocycles. The van der Waals surface area contributed by atoms with Crippen LogP contribution in [0.3, 0.4) is 0 Å². The predicted molar refractivity (Wildman–Crippen MR) is 80.1 cm³/mol. The Bertz CT molecular complexity index is 874. The first kappa shape index (κ1) is 13.9. The van der Waals surface area contributed by atoms with Gasteiger partial charge in [-0.05, 0) is 31.2 Å². The molecule has 0 amide bonds. The number of carboxylic acid groups (broad SMARTS) is 1. The Morgan fingerprint density at radius 1 is 1.24 bits per heavy atom. The van der Waals surface area contributed by atoms with Gasteiger partial charge in [0, 0.05) is 16.7 Å². The van der Waals surface area contributed by atoms with E-state index in [2.05, 4.69) is 10.1 Å². The number of hydrogen-bond acceptors (Lipinski definition) is 3. The largest absolute Gasteiger partial charge is 0.477 e. The minimum atomic E-state index is -1.09. The molecule has 0 atom stereocenters. The lowest BCUT2D eigenvalue weighted by molar-refractivity contribution is 0.0687. The van der Waals surface area contributed by atoms with Gasteiger partial charge < -0.3 is 5.11 Å². The summed E-state index contributed by atoms with van der Waals surface area (Å²) in [5, 5.41) is 14.4. The van der Waals surface area contributed by atoms with Gasteiger partial charge in [-0.25, -0.2) is 14.3 Å². The average molecular weight is 322 g/mol. The molecule has 7 heteroatoms. The molecule has 0 saturated carbocycles. The Balaban J connectivity index is 2.30. The standard InChI is InChI=1S/C14H9Cl2N3O2/c1-7-4-13-17-11(6-12(14(20)21)19(13)18-7)9-3-2-8(15)5-10(9)16/h2-6H,1H3,(H,20,21). The maximum absolute atomic E-state index is 11.4. The number of halogens is 2. The number of aromatic nitrogens is 3. The number of hydrogen-bond donors (Lipinski definition) is 1. The molecule has 0 radical (unpaired) electrons. The molecule has 106 valence electrons. The van der Waals surface area contributed by atoms with Gasteiger partial charge in [-0.1, -0.05) is 23.2 Å². The maximum Gasteiger partial charge on any atom is 0.354 e. The molecule has 5 nitrogen and oxygen atoms in total. The lowest BCUT2D eigenvalue weighted by Gasteiger charge is -2.07. The van der Waals surface area contributed by atoms with Crippen LogP contribution >= 0.6 is 23.2 Å². The summed E-state index contributed by atoms with van der Waals surface area (Å²) < 4.78 is 1.30. The van der Waals surface area contributed by atoms with Crippen molar-refractivity contribution < 1.29 is 9.90 Å². The Labute approximate surface area is 129 Å². The number of fused-ring (bicyclic) bond motifs is 1. The summed E-state index contributed by atoms with van der Waals surface area (Å²) in [5.74, 6) is -1.09. The fourth-order valence-corrected chi connectivity index (χ4v) is 2.58. The molecule has 0 bridgehead atoms. The number of benzene rings is 1. The van der Waals surface area contributed by atoms with E-state index >= 15 is 0 Å². The van der Waals surface area contributed by atoms with E-state index in [1.807, 2.05) is 0 Å². The summed E-state index contributed by atoms with van der Waals surface area (Å²) in [6.07, 6.45) is 0. The van der Waals surface area contributed by atoms with Crippen LogP contribution in [0.5, 0.6) is 0 Å². The molecule has 3 rings (SSSR count). The van der Waals surface area contributed by atoms with Crippen molar-refractivity contribution in [2.24, 2.45) is 0 Å². The summed E-state index contributed by atoms with van der Waals surface area (Å²) in [6, 6.07) is 8.12. The quantitative estimate of drug-likeness (QED) is 0.781. The molecule has 3 aromatic rings. The second-order valence-corrected chi connectivity index (χ2v) is 5.36. The van der Waals surface area contributed by atoms with E-state index in [0.29, 0.717) is 32.6 Å². The van der Waals surface area contributed by atoms with Crippen molar-refractivity contribution >= 4 is 34.8 Å². The summed E-state index contributed by atoms with van der Waals surface area (Å²) >= 11 is 12.0. The second-order valence-electron chi connectivity index (χ2n) is 4.51. The van der Waals surface area contributed by atoms with Crippen molar-refractivity contribution in [3.63, 3.8) is 0 Å². The topological polar surface area (TPSA) is 67.5 Å². The first-order valence-corrected chi connectivity index (χ1v) is 6.77. The van der Waals surface area contributed by atoms with Crippen LogP contribution in [-0.4, -0.2) is 25.7 Å². The van der Waals surface area contributed by atoms with Gasteiger partial charge in [0.25, 0.3) is 0 Å². The Kier molecular flexibility index (Phi) is 3.31. The van der Waals surface area contributed by atoms with Crippen LogP contribution in [0.1, 0.15) is 16.2 Å². The van der Waals surface area contributed by atoms with Gasteiger partial charge in [0.05, 0.1) is 16.4 Å². The van der Waals surface area contributed by atoms with E-state index in [9.17, 15) is 9.90 Å². The van der Waals surface area contributed by atoms with Crippen molar-refractivity contribution in [2.75, 3.05) is 0 Å². The van der Waals surface area contributed by atoms with Gasteiger partial charge in [-0.3, -0.25) is 0 Å². The summed E-state index contributed by atoms with van der Waals surface area (Å²) in [6.45, 7) is 1.77. The van der Waals surface area contributed by atoms with Crippen molar-refractivity contribution in [1.82, 2.24) is 14.6 Å². The van der Waals surface area contributed by atoms with E-state index < -0.39 is 5.97 Å². The zero-order valence-electron chi connectivity index (χ0n) is 10.8. The van der Waals surface area contributed by atoms with E-state index in [1.165, 1.54) is 10.6 Å². The highest BCUT2D eigenvalue weighted by atomic mass is 35.5. The highest BCUT2D eigenvalue weighted by Gasteiger charge is 2.16. The zero-order valence-corrected chi connectivity index (χ0v) is 12.4. The Morgan fingerprint density at radius 2 is 2.00 bits per heavy atom. The van der Waals surface area contributed by atoms with E-state index in [0.717, 1.165) is 0 Å². The number of aryl methyl sites for hydroxylation is 1. The average Bonchev–Trinajstić information content (AvgIpc) is 2.77. The first-order chi connectivity index (χ1) is 9.95. The first-order valence-electron chi connectivity index (χ1n) is 6.02. The normalized spacial score (nSPS) is 11.0. The molecule has 0 aliphatic heterocycles. The summed E-state index contributed by atoms with van der Waals surface area (Å²) in [5.41, 5.74) is 2.23. The monoisotopic (exact) mass is 321 g/mol. The Morgan fingerprint density at radius 3 is 2.67 bits per heavy atom. The van der Waals surface area contributed by atoms with Gasteiger partial charge in [-0.2, -0.15) is 5.10 Å². The fourth-order valence-electron chi connectivity index (χ4n) is 2.08. The molecule has 1 aromatic carbocycles. The highest BCUT2D eigenvalue weighted by Crippen LogP contribution is 2.30. The molecule has 0 unspecified atom stereocenters. The molecule has 21 heavy (non-hydrogen) atoms. The Hall–Kier alpha value is -2.11. The lowest BCUT2D eigenvalue weighted by Crippen LogP contribution is -2.08. The van der Waals surface area contributed by atoms with Crippen molar-refractivity contribution in [3.8, 4) is 11.3 Å². The molecule has 2 aromatic heterocycles. The van der Waals surface area contributed by atoms with E-state index in [-0.39, 0.29) is 5.69 Å². The van der Waals surface area contributed by atoms with Crippen LogP contribution in [-0.2, 0) is 0 Å². The molecular weight excluding hydrogens is 313 g/mol. The lowest BCUT2D eigenvalue weighted by atomic mass is 10.1. The minimum absolute atomic E-state index is 0.0223. The van der Waals surface area contributed by atoms with Crippen LogP contribution < -0.4 is 0 Å². The molecule has 2 heterocycles. The highest BCUT2D eigenvalue weighted by molar-refractivity contribution is 6.36. The number of carboxylic acids is 1. The van der Waals surface area contributed by atoms with Gasteiger partial charge >= 0.3 is 5.97 Å². The second kappa shape index (κ2) is 5.02. The van der Waals surface area contributed by atoms with Crippen molar-refractivity contribution in [3.05, 3.63) is 51.8 Å². The summed E-state index contributed by atoms with van der Waals surface area (Å²) in [7, 11) is 0. The third-order valence-corrected chi connectivity index (χ3v) is 3.52. The number of nitrogens with zero attached hydrogens (tertiary/aromatic N) is 3. The molecule has 0 aliphatic rings. The SMILES string of the molecule is Cc1cc2nc(-c3ccc(Cl)cc3Cl)cc(C(=O)O)n2n1. The van der Waals surface area contributed by atoms with Crippen molar-refractivity contribution in [2.45, 2.75) is 6.92 Å². The smallest absolute Gasteiger partial charge is 0.354 e. The zero-order chi connectivity index (χ0) is 15.1. The van der Waals surface area contributed by atoms with Crippen LogP contribution in [0.25, 0.3) is 16.9 Å². The molecule has 0 aliphatic carbocycles.